The third-order valence-corrected chi connectivity index (χ3v) is 14.9. The van der Waals surface area contributed by atoms with Crippen LogP contribution < -0.4 is 0 Å². The summed E-state index contributed by atoms with van der Waals surface area (Å²) in [6, 6.07) is 0. The first-order valence-corrected chi connectivity index (χ1v) is 33.8. The van der Waals surface area contributed by atoms with Gasteiger partial charge in [0.05, 0.1) is 27.7 Å². The lowest BCUT2D eigenvalue weighted by Gasteiger charge is -2.24. The van der Waals surface area contributed by atoms with E-state index in [-0.39, 0.29) is 32.0 Å². The molecule has 78 heavy (non-hydrogen) atoms. The van der Waals surface area contributed by atoms with Crippen molar-refractivity contribution in [2.45, 2.75) is 290 Å². The Balaban J connectivity index is 4.15. The van der Waals surface area contributed by atoms with E-state index in [4.69, 9.17) is 18.5 Å². The molecule has 0 bridgehead atoms. The molecule has 0 aliphatic heterocycles. The Labute approximate surface area is 481 Å². The van der Waals surface area contributed by atoms with Crippen LogP contribution in [-0.4, -0.2) is 74.9 Å². The molecule has 10 heteroatoms. The fraction of sp³-hybridized carbons (Fsp3) is 0.765. The molecule has 0 rings (SSSR count). The Hall–Kier alpha value is -2.81. The van der Waals surface area contributed by atoms with E-state index in [0.717, 1.165) is 96.3 Å². The van der Waals surface area contributed by atoms with E-state index < -0.39 is 26.5 Å². The van der Waals surface area contributed by atoms with E-state index in [1.54, 1.807) is 0 Å². The van der Waals surface area contributed by atoms with Crippen molar-refractivity contribution in [1.82, 2.24) is 0 Å². The zero-order chi connectivity index (χ0) is 57.0. The van der Waals surface area contributed by atoms with Crippen molar-refractivity contribution >= 4 is 19.8 Å². The van der Waals surface area contributed by atoms with Crippen LogP contribution >= 0.6 is 7.82 Å². The Morgan fingerprint density at radius 2 is 0.731 bits per heavy atom. The molecule has 0 amide bonds. The largest absolute Gasteiger partial charge is 0.472 e. The van der Waals surface area contributed by atoms with Crippen molar-refractivity contribution in [3.05, 3.63) is 85.1 Å². The van der Waals surface area contributed by atoms with E-state index in [0.29, 0.717) is 17.4 Å². The lowest BCUT2D eigenvalue weighted by atomic mass is 10.0. The van der Waals surface area contributed by atoms with Gasteiger partial charge < -0.3 is 18.9 Å². The summed E-state index contributed by atoms with van der Waals surface area (Å²) in [6.07, 6.45) is 79.6. The minimum atomic E-state index is -4.40. The quantitative estimate of drug-likeness (QED) is 0.0211. The van der Waals surface area contributed by atoms with Crippen LogP contribution in [0.2, 0.25) is 0 Å². The standard InChI is InChI=1S/C68H122NO8P/c1-6-8-10-12-14-16-18-20-22-24-26-28-30-32-34-36-38-40-42-44-46-48-50-52-54-56-58-60-67(70)74-64-66(65-76-78(72,73)75-63-62-69(3,4)5)77-68(71)61-59-57-55-53-51-49-47-45-43-41-39-37-35-33-31-29-27-25-23-21-19-17-15-13-11-9-7-2/h9,11,15,17,21,23,27,29,33,35,39,41,45,47,66H,6-8,10,12-14,16,18-20,22,24-26,28,30-32,34,36-38,40,42-44,46,48-65H2,1-5H3/p+1/b11-9-,17-15-,23-21-,29-27-,35-33-,41-39-,47-45-. The van der Waals surface area contributed by atoms with Crippen molar-refractivity contribution in [2.24, 2.45) is 0 Å². The molecule has 0 saturated carbocycles. The lowest BCUT2D eigenvalue weighted by molar-refractivity contribution is -0.870. The number of hydrogen-bond donors (Lipinski definition) is 1. The number of carbonyl (C=O) groups excluding carboxylic acids is 2. The first-order chi connectivity index (χ1) is 38.0. The molecule has 1 N–H and O–H groups in total. The van der Waals surface area contributed by atoms with Gasteiger partial charge in [0.15, 0.2) is 6.10 Å². The van der Waals surface area contributed by atoms with Crippen LogP contribution in [0, 0.1) is 0 Å². The minimum Gasteiger partial charge on any atom is -0.462 e. The molecular formula is C68H123NO8P+. The van der Waals surface area contributed by atoms with E-state index in [2.05, 4.69) is 98.9 Å². The maximum Gasteiger partial charge on any atom is 0.472 e. The summed E-state index contributed by atoms with van der Waals surface area (Å²) in [7, 11) is 1.46. The smallest absolute Gasteiger partial charge is 0.462 e. The molecule has 0 aromatic heterocycles. The average molecular weight is 1110 g/mol. The highest BCUT2D eigenvalue weighted by molar-refractivity contribution is 7.47. The molecule has 2 atom stereocenters. The van der Waals surface area contributed by atoms with Crippen molar-refractivity contribution in [3.8, 4) is 0 Å². The molecule has 0 spiro atoms. The van der Waals surface area contributed by atoms with Crippen molar-refractivity contribution in [1.29, 1.82) is 0 Å². The van der Waals surface area contributed by atoms with E-state index in [9.17, 15) is 19.0 Å². The summed E-state index contributed by atoms with van der Waals surface area (Å²) >= 11 is 0. The zero-order valence-electron chi connectivity index (χ0n) is 51.4. The van der Waals surface area contributed by atoms with Crippen LogP contribution in [0.1, 0.15) is 284 Å². The van der Waals surface area contributed by atoms with Crippen LogP contribution in [0.15, 0.2) is 85.1 Å². The van der Waals surface area contributed by atoms with Crippen molar-refractivity contribution in [2.75, 3.05) is 47.5 Å². The number of quaternary nitrogens is 1. The number of phosphoric ester groups is 1. The second-order valence-electron chi connectivity index (χ2n) is 22.8. The van der Waals surface area contributed by atoms with Gasteiger partial charge in [-0.25, -0.2) is 4.57 Å². The second kappa shape index (κ2) is 58.8. The van der Waals surface area contributed by atoms with E-state index in [1.807, 2.05) is 21.1 Å². The van der Waals surface area contributed by atoms with Gasteiger partial charge in [-0.2, -0.15) is 0 Å². The number of nitrogens with zero attached hydrogens (tertiary/aromatic N) is 1. The summed E-state index contributed by atoms with van der Waals surface area (Å²) in [6.45, 7) is 4.33. The van der Waals surface area contributed by atoms with Crippen LogP contribution in [0.4, 0.5) is 0 Å². The van der Waals surface area contributed by atoms with Crippen LogP contribution in [-0.2, 0) is 32.7 Å². The number of phosphoric acid groups is 1. The van der Waals surface area contributed by atoms with Crippen molar-refractivity contribution < 1.29 is 42.1 Å². The second-order valence-corrected chi connectivity index (χ2v) is 24.2. The van der Waals surface area contributed by atoms with Gasteiger partial charge in [-0.1, -0.05) is 285 Å². The number of likely N-dealkylation sites (N-methyl/N-ethyl adjacent to an activating group) is 1. The highest BCUT2D eigenvalue weighted by Crippen LogP contribution is 2.43. The molecule has 0 saturated heterocycles. The summed E-state index contributed by atoms with van der Waals surface area (Å²) in [5.74, 6) is -0.813. The molecule has 2 unspecified atom stereocenters. The number of carbonyl (C=O) groups is 2. The third kappa shape index (κ3) is 62.4. The maximum atomic E-state index is 12.8. The normalized spacial score (nSPS) is 13.8. The topological polar surface area (TPSA) is 108 Å². The molecule has 0 aliphatic rings. The van der Waals surface area contributed by atoms with E-state index in [1.165, 1.54) is 154 Å². The highest BCUT2D eigenvalue weighted by Gasteiger charge is 2.27. The van der Waals surface area contributed by atoms with Crippen LogP contribution in [0.5, 0.6) is 0 Å². The first-order valence-electron chi connectivity index (χ1n) is 32.3. The lowest BCUT2D eigenvalue weighted by Crippen LogP contribution is -2.37. The minimum absolute atomic E-state index is 0.0248. The molecule has 0 heterocycles. The Bertz CT molecular complexity index is 1590. The summed E-state index contributed by atoms with van der Waals surface area (Å²) in [5, 5.41) is 0. The van der Waals surface area contributed by atoms with E-state index >= 15 is 0 Å². The summed E-state index contributed by atoms with van der Waals surface area (Å²) in [5.41, 5.74) is 0. The van der Waals surface area contributed by atoms with Gasteiger partial charge in [-0.3, -0.25) is 18.6 Å². The maximum absolute atomic E-state index is 12.8. The predicted octanol–water partition coefficient (Wildman–Crippen LogP) is 20.6. The molecule has 9 nitrogen and oxygen atoms in total. The summed E-state index contributed by atoms with van der Waals surface area (Å²) < 4.78 is 34.6. The van der Waals surface area contributed by atoms with Gasteiger partial charge in [0.1, 0.15) is 19.8 Å². The van der Waals surface area contributed by atoms with Gasteiger partial charge in [0.2, 0.25) is 0 Å². The number of allylic oxidation sites excluding steroid dienone is 14. The summed E-state index contributed by atoms with van der Waals surface area (Å²) in [4.78, 5) is 35.8. The van der Waals surface area contributed by atoms with Crippen LogP contribution in [0.3, 0.4) is 0 Å². The predicted molar refractivity (Wildman–Crippen MR) is 335 cm³/mol. The SMILES string of the molecule is CC/C=C\C/C=C\C/C=C\C/C=C\C/C=C\C/C=C\C/C=C\CCCCCCCC(=O)OC(COC(=O)CCCCCCCCCCCCCCCCCCCCCCCCCCCCC)COP(=O)(O)OCC[N+](C)(C)C. The molecule has 0 aromatic rings. The molecular weight excluding hydrogens is 990 g/mol. The fourth-order valence-electron chi connectivity index (χ4n) is 9.00. The number of rotatable bonds is 59. The van der Waals surface area contributed by atoms with Gasteiger partial charge in [0, 0.05) is 12.8 Å². The zero-order valence-corrected chi connectivity index (χ0v) is 52.3. The molecule has 0 fully saturated rings. The molecule has 452 valence electrons. The Kier molecular flexibility index (Phi) is 56.7. The van der Waals surface area contributed by atoms with Gasteiger partial charge >= 0.3 is 19.8 Å². The van der Waals surface area contributed by atoms with Crippen LogP contribution in [0.25, 0.3) is 0 Å². The number of esters is 2. The van der Waals surface area contributed by atoms with Crippen molar-refractivity contribution in [3.63, 3.8) is 0 Å². The average Bonchev–Trinajstić information content (AvgIpc) is 3.41. The first kappa shape index (κ1) is 75.2. The number of hydrogen-bond acceptors (Lipinski definition) is 7. The number of ether oxygens (including phenoxy) is 2. The van der Waals surface area contributed by atoms with Gasteiger partial charge in [-0.05, 0) is 70.6 Å². The molecule has 0 radical (unpaired) electrons. The molecule has 0 aromatic carbocycles. The fourth-order valence-corrected chi connectivity index (χ4v) is 9.74. The van der Waals surface area contributed by atoms with Gasteiger partial charge in [0.25, 0.3) is 0 Å². The monoisotopic (exact) mass is 1110 g/mol. The number of unbranched alkanes of at least 4 members (excludes halogenated alkanes) is 31. The third-order valence-electron chi connectivity index (χ3n) is 13.9. The van der Waals surface area contributed by atoms with Gasteiger partial charge in [-0.15, -0.1) is 0 Å². The highest BCUT2D eigenvalue weighted by atomic mass is 31.2. The molecule has 0 aliphatic carbocycles. The Morgan fingerprint density at radius 3 is 1.09 bits per heavy atom. The Morgan fingerprint density at radius 1 is 0.410 bits per heavy atom.